The molecule has 0 aliphatic carbocycles. The standard InChI is InChI=1S/C18H18N2O3S/c1-2-12-7-8-24-16(12)18(23)19-14-5-3-11(4-6-14)9-13-10-15(21)20-17(13)22/h3-8,13H,2,9-10H2,1H3,(H,19,23)(H,20,21,22). The molecule has 1 atom stereocenters. The van der Waals surface area contributed by atoms with Crippen molar-refractivity contribution in [3.8, 4) is 0 Å². The summed E-state index contributed by atoms with van der Waals surface area (Å²) in [7, 11) is 0. The number of carbonyl (C=O) groups is 3. The Morgan fingerprint density at radius 3 is 2.62 bits per heavy atom. The number of rotatable bonds is 5. The number of imide groups is 1. The smallest absolute Gasteiger partial charge is 0.266 e. The second-order valence-corrected chi connectivity index (χ2v) is 6.71. The van der Waals surface area contributed by atoms with Crippen LogP contribution in [-0.2, 0) is 22.4 Å². The third-order valence-electron chi connectivity index (χ3n) is 4.09. The molecule has 124 valence electrons. The fourth-order valence-corrected chi connectivity index (χ4v) is 3.67. The molecule has 0 bridgehead atoms. The van der Waals surface area contributed by atoms with E-state index in [1.807, 2.05) is 42.6 Å². The van der Waals surface area contributed by atoms with Gasteiger partial charge < -0.3 is 5.32 Å². The molecule has 1 unspecified atom stereocenters. The number of benzene rings is 1. The molecule has 2 aromatic rings. The van der Waals surface area contributed by atoms with Crippen molar-refractivity contribution in [2.24, 2.45) is 5.92 Å². The van der Waals surface area contributed by atoms with Crippen molar-refractivity contribution < 1.29 is 14.4 Å². The average molecular weight is 342 g/mol. The van der Waals surface area contributed by atoms with E-state index >= 15 is 0 Å². The molecule has 0 spiro atoms. The maximum Gasteiger partial charge on any atom is 0.266 e. The Hall–Kier alpha value is -2.47. The van der Waals surface area contributed by atoms with Gasteiger partial charge >= 0.3 is 0 Å². The Morgan fingerprint density at radius 2 is 2.00 bits per heavy atom. The van der Waals surface area contributed by atoms with Gasteiger partial charge in [-0.3, -0.25) is 19.7 Å². The van der Waals surface area contributed by atoms with Crippen molar-refractivity contribution >= 4 is 34.7 Å². The van der Waals surface area contributed by atoms with E-state index in [0.29, 0.717) is 12.1 Å². The molecule has 1 aliphatic heterocycles. The minimum absolute atomic E-state index is 0.102. The number of carbonyl (C=O) groups excluding carboxylic acids is 3. The summed E-state index contributed by atoms with van der Waals surface area (Å²) in [6, 6.07) is 9.36. The van der Waals surface area contributed by atoms with Crippen molar-refractivity contribution in [1.29, 1.82) is 0 Å². The van der Waals surface area contributed by atoms with Crippen LogP contribution in [0.5, 0.6) is 0 Å². The van der Waals surface area contributed by atoms with E-state index in [-0.39, 0.29) is 30.1 Å². The zero-order chi connectivity index (χ0) is 17.1. The van der Waals surface area contributed by atoms with Crippen LogP contribution in [-0.4, -0.2) is 17.7 Å². The first kappa shape index (κ1) is 16.4. The number of aryl methyl sites for hydroxylation is 1. The molecule has 1 aromatic heterocycles. The monoisotopic (exact) mass is 342 g/mol. The van der Waals surface area contributed by atoms with Gasteiger partial charge in [-0.2, -0.15) is 0 Å². The van der Waals surface area contributed by atoms with Crippen LogP contribution < -0.4 is 10.6 Å². The highest BCUT2D eigenvalue weighted by atomic mass is 32.1. The summed E-state index contributed by atoms with van der Waals surface area (Å²) >= 11 is 1.44. The Balaban J connectivity index is 1.63. The molecule has 1 saturated heterocycles. The van der Waals surface area contributed by atoms with Crippen molar-refractivity contribution in [2.45, 2.75) is 26.2 Å². The van der Waals surface area contributed by atoms with E-state index in [9.17, 15) is 14.4 Å². The average Bonchev–Trinajstić information content (AvgIpc) is 3.15. The largest absolute Gasteiger partial charge is 0.321 e. The Labute approximate surface area is 144 Å². The van der Waals surface area contributed by atoms with Crippen LogP contribution >= 0.6 is 11.3 Å². The molecule has 6 heteroatoms. The Bertz CT molecular complexity index is 780. The van der Waals surface area contributed by atoms with Gasteiger partial charge in [-0.05, 0) is 47.5 Å². The van der Waals surface area contributed by atoms with Crippen LogP contribution in [0.15, 0.2) is 35.7 Å². The van der Waals surface area contributed by atoms with Gasteiger partial charge in [0.2, 0.25) is 11.8 Å². The fraction of sp³-hybridized carbons (Fsp3) is 0.278. The number of thiophene rings is 1. The van der Waals surface area contributed by atoms with Crippen LogP contribution in [0.2, 0.25) is 0 Å². The maximum absolute atomic E-state index is 12.3. The summed E-state index contributed by atoms with van der Waals surface area (Å²) < 4.78 is 0. The number of nitrogens with one attached hydrogen (secondary N) is 2. The van der Waals surface area contributed by atoms with Crippen molar-refractivity contribution in [3.63, 3.8) is 0 Å². The van der Waals surface area contributed by atoms with Crippen LogP contribution in [0.25, 0.3) is 0 Å². The lowest BCUT2D eigenvalue weighted by Crippen LogP contribution is -2.22. The molecular formula is C18H18N2O3S. The van der Waals surface area contributed by atoms with Crippen molar-refractivity contribution in [3.05, 3.63) is 51.7 Å². The molecule has 0 radical (unpaired) electrons. The van der Waals surface area contributed by atoms with Crippen LogP contribution in [0, 0.1) is 5.92 Å². The summed E-state index contributed by atoms with van der Waals surface area (Å²) in [5, 5.41) is 7.13. The van der Waals surface area contributed by atoms with Crippen molar-refractivity contribution in [1.82, 2.24) is 5.32 Å². The Kier molecular flexibility index (Phi) is 4.76. The van der Waals surface area contributed by atoms with Crippen LogP contribution in [0.3, 0.4) is 0 Å². The van der Waals surface area contributed by atoms with Crippen LogP contribution in [0.1, 0.15) is 34.1 Å². The summed E-state index contributed by atoms with van der Waals surface area (Å²) in [6.45, 7) is 2.03. The van der Waals surface area contributed by atoms with Gasteiger partial charge in [0, 0.05) is 12.1 Å². The number of amides is 3. The molecule has 3 amide bonds. The SMILES string of the molecule is CCc1ccsc1C(=O)Nc1ccc(CC2CC(=O)NC2=O)cc1. The molecular weight excluding hydrogens is 324 g/mol. The number of anilines is 1. The van der Waals surface area contributed by atoms with Gasteiger partial charge in [0.1, 0.15) is 0 Å². The highest BCUT2D eigenvalue weighted by Crippen LogP contribution is 2.21. The van der Waals surface area contributed by atoms with E-state index in [2.05, 4.69) is 10.6 Å². The molecule has 3 rings (SSSR count). The van der Waals surface area contributed by atoms with Crippen LogP contribution in [0.4, 0.5) is 5.69 Å². The third-order valence-corrected chi connectivity index (χ3v) is 5.05. The summed E-state index contributed by atoms with van der Waals surface area (Å²) in [5.41, 5.74) is 2.73. The molecule has 24 heavy (non-hydrogen) atoms. The fourth-order valence-electron chi connectivity index (χ4n) is 2.78. The molecule has 0 saturated carbocycles. The summed E-state index contributed by atoms with van der Waals surface area (Å²) in [6.07, 6.45) is 1.60. The van der Waals surface area contributed by atoms with E-state index in [4.69, 9.17) is 0 Å². The second kappa shape index (κ2) is 6.97. The lowest BCUT2D eigenvalue weighted by atomic mass is 9.98. The summed E-state index contributed by atoms with van der Waals surface area (Å²) in [5.74, 6) is -0.815. The molecule has 2 N–H and O–H groups in total. The summed E-state index contributed by atoms with van der Waals surface area (Å²) in [4.78, 5) is 35.9. The first-order valence-corrected chi connectivity index (χ1v) is 8.75. The molecule has 1 aliphatic rings. The zero-order valence-electron chi connectivity index (χ0n) is 13.3. The predicted molar refractivity (Wildman–Crippen MR) is 93.1 cm³/mol. The molecule has 1 fully saturated rings. The maximum atomic E-state index is 12.3. The molecule has 2 heterocycles. The minimum atomic E-state index is -0.295. The normalized spacial score (nSPS) is 17.0. The second-order valence-electron chi connectivity index (χ2n) is 5.80. The quantitative estimate of drug-likeness (QED) is 0.821. The van der Waals surface area contributed by atoms with E-state index in [1.54, 1.807) is 0 Å². The molecule has 5 nitrogen and oxygen atoms in total. The van der Waals surface area contributed by atoms with Gasteiger partial charge in [0.25, 0.3) is 5.91 Å². The Morgan fingerprint density at radius 1 is 1.25 bits per heavy atom. The predicted octanol–water partition coefficient (Wildman–Crippen LogP) is 2.77. The number of hydrogen-bond donors (Lipinski definition) is 2. The first-order chi connectivity index (χ1) is 11.6. The zero-order valence-corrected chi connectivity index (χ0v) is 14.1. The lowest BCUT2D eigenvalue weighted by Gasteiger charge is -2.08. The number of hydrogen-bond acceptors (Lipinski definition) is 4. The highest BCUT2D eigenvalue weighted by molar-refractivity contribution is 7.12. The lowest BCUT2D eigenvalue weighted by molar-refractivity contribution is -0.125. The van der Waals surface area contributed by atoms with Gasteiger partial charge in [0.15, 0.2) is 0 Å². The topological polar surface area (TPSA) is 75.3 Å². The highest BCUT2D eigenvalue weighted by Gasteiger charge is 2.30. The van der Waals surface area contributed by atoms with Gasteiger partial charge in [-0.15, -0.1) is 11.3 Å². The van der Waals surface area contributed by atoms with E-state index < -0.39 is 0 Å². The van der Waals surface area contributed by atoms with Crippen molar-refractivity contribution in [2.75, 3.05) is 5.32 Å². The van der Waals surface area contributed by atoms with E-state index in [1.165, 1.54) is 11.3 Å². The first-order valence-electron chi connectivity index (χ1n) is 7.87. The molecule has 1 aromatic carbocycles. The van der Waals surface area contributed by atoms with Gasteiger partial charge in [0.05, 0.1) is 10.8 Å². The van der Waals surface area contributed by atoms with Gasteiger partial charge in [-0.1, -0.05) is 19.1 Å². The van der Waals surface area contributed by atoms with Gasteiger partial charge in [-0.25, -0.2) is 0 Å². The van der Waals surface area contributed by atoms with E-state index in [0.717, 1.165) is 22.4 Å². The minimum Gasteiger partial charge on any atom is -0.321 e. The third kappa shape index (κ3) is 3.54.